The summed E-state index contributed by atoms with van der Waals surface area (Å²) in [6, 6.07) is 22.4. The largest absolute Gasteiger partial charge is 0.485 e. The molecule has 1 aliphatic heterocycles. The van der Waals surface area contributed by atoms with Crippen LogP contribution in [0.1, 0.15) is 56.1 Å². The number of aryl methyl sites for hydroxylation is 1. The summed E-state index contributed by atoms with van der Waals surface area (Å²) in [5, 5.41) is 4.26. The van der Waals surface area contributed by atoms with Crippen LogP contribution in [-0.2, 0) is 22.6 Å². The molecule has 0 amide bonds. The molecular weight excluding hydrogens is 446 g/mol. The van der Waals surface area contributed by atoms with Gasteiger partial charge in [-0.05, 0) is 81.6 Å². The Morgan fingerprint density at radius 2 is 1.82 bits per heavy atom. The molecule has 0 saturated heterocycles. The monoisotopic (exact) mass is 479 g/mol. The predicted molar refractivity (Wildman–Crippen MR) is 139 cm³/mol. The molecule has 3 aromatic rings. The number of hydrogen-bond acceptors (Lipinski definition) is 4. The van der Waals surface area contributed by atoms with E-state index in [-0.39, 0.29) is 18.3 Å². The minimum Gasteiger partial charge on any atom is -0.485 e. The summed E-state index contributed by atoms with van der Waals surface area (Å²) in [6.07, 6.45) is -0.529. The Bertz CT molecular complexity index is 1130. The Morgan fingerprint density at radius 3 is 2.56 bits per heavy atom. The lowest BCUT2D eigenvalue weighted by atomic mass is 9.87. The molecule has 4 rings (SSSR count). The maximum Gasteiger partial charge on any atom is 0.132 e. The summed E-state index contributed by atoms with van der Waals surface area (Å²) in [4.78, 5) is 0. The molecule has 0 spiro atoms. The van der Waals surface area contributed by atoms with Crippen LogP contribution in [0.3, 0.4) is 0 Å². The SMILES string of the molecule is Cc1ccccc1CNc1ccc2c(c1)C(OC(C)C)C(OCc1cccc(Cl)c1)C(C)(C)O2. The minimum atomic E-state index is -0.568. The van der Waals surface area contributed by atoms with Gasteiger partial charge >= 0.3 is 0 Å². The predicted octanol–water partition coefficient (Wildman–Crippen LogP) is 7.48. The Kier molecular flexibility index (Phi) is 7.51. The number of nitrogens with one attached hydrogen (secondary N) is 1. The van der Waals surface area contributed by atoms with Gasteiger partial charge < -0.3 is 19.5 Å². The number of fused-ring (bicyclic) bond motifs is 1. The van der Waals surface area contributed by atoms with Crippen LogP contribution in [0, 0.1) is 6.92 Å². The quantitative estimate of drug-likeness (QED) is 0.363. The normalized spacial score (nSPS) is 18.9. The van der Waals surface area contributed by atoms with E-state index in [2.05, 4.69) is 76.3 Å². The fraction of sp³-hybridized carbons (Fsp3) is 0.379. The van der Waals surface area contributed by atoms with Crippen LogP contribution in [0.2, 0.25) is 5.02 Å². The van der Waals surface area contributed by atoms with Crippen LogP contribution in [-0.4, -0.2) is 17.8 Å². The summed E-state index contributed by atoms with van der Waals surface area (Å²) in [6.45, 7) is 11.5. The molecule has 1 heterocycles. The van der Waals surface area contributed by atoms with Crippen molar-refractivity contribution in [1.82, 2.24) is 0 Å². The molecule has 2 unspecified atom stereocenters. The molecular formula is C29H34ClNO3. The van der Waals surface area contributed by atoms with Gasteiger partial charge in [-0.3, -0.25) is 0 Å². The smallest absolute Gasteiger partial charge is 0.132 e. The molecule has 0 aromatic heterocycles. The van der Waals surface area contributed by atoms with Crippen LogP contribution in [0.4, 0.5) is 5.69 Å². The summed E-state index contributed by atoms with van der Waals surface area (Å²) in [7, 11) is 0. The van der Waals surface area contributed by atoms with Gasteiger partial charge in [0.05, 0.1) is 12.7 Å². The fourth-order valence-corrected chi connectivity index (χ4v) is 4.60. The van der Waals surface area contributed by atoms with Gasteiger partial charge in [0.15, 0.2) is 0 Å². The Morgan fingerprint density at radius 1 is 1.03 bits per heavy atom. The van der Waals surface area contributed by atoms with E-state index in [1.165, 1.54) is 11.1 Å². The first-order valence-corrected chi connectivity index (χ1v) is 12.2. The molecule has 0 aliphatic carbocycles. The molecule has 180 valence electrons. The van der Waals surface area contributed by atoms with Crippen LogP contribution in [0.5, 0.6) is 5.75 Å². The molecule has 0 bridgehead atoms. The molecule has 0 saturated carbocycles. The third-order valence-electron chi connectivity index (χ3n) is 6.13. The summed E-state index contributed by atoms with van der Waals surface area (Å²) < 4.78 is 19.4. The summed E-state index contributed by atoms with van der Waals surface area (Å²) in [5.41, 5.74) is 5.02. The topological polar surface area (TPSA) is 39.7 Å². The number of anilines is 1. The number of rotatable bonds is 8. The fourth-order valence-electron chi connectivity index (χ4n) is 4.39. The molecule has 0 fully saturated rings. The standard InChI is InChI=1S/C29H34ClNO3/c1-19(2)33-27-25-16-24(31-17-22-11-7-6-9-20(22)3)13-14-26(25)34-29(4,5)28(27)32-18-21-10-8-12-23(30)15-21/h6-16,19,27-28,31H,17-18H2,1-5H3. The van der Waals surface area contributed by atoms with Crippen molar-refractivity contribution in [3.63, 3.8) is 0 Å². The molecule has 5 heteroatoms. The molecule has 4 nitrogen and oxygen atoms in total. The van der Waals surface area contributed by atoms with E-state index in [1.54, 1.807) is 0 Å². The van der Waals surface area contributed by atoms with Gasteiger partial charge in [-0.25, -0.2) is 0 Å². The zero-order valence-electron chi connectivity index (χ0n) is 20.6. The molecule has 0 radical (unpaired) electrons. The number of hydrogen-bond donors (Lipinski definition) is 1. The average Bonchev–Trinajstić information content (AvgIpc) is 2.77. The van der Waals surface area contributed by atoms with Crippen LogP contribution < -0.4 is 10.1 Å². The molecule has 2 atom stereocenters. The number of benzene rings is 3. The third kappa shape index (κ3) is 5.75. The summed E-state index contributed by atoms with van der Waals surface area (Å²) >= 11 is 6.18. The zero-order chi connectivity index (χ0) is 24.3. The van der Waals surface area contributed by atoms with Crippen molar-refractivity contribution in [3.05, 3.63) is 94.0 Å². The van der Waals surface area contributed by atoms with Gasteiger partial charge in [-0.15, -0.1) is 0 Å². The highest BCUT2D eigenvalue weighted by Gasteiger charge is 2.46. The van der Waals surface area contributed by atoms with E-state index >= 15 is 0 Å². The van der Waals surface area contributed by atoms with E-state index in [1.807, 2.05) is 30.3 Å². The van der Waals surface area contributed by atoms with E-state index in [4.69, 9.17) is 25.8 Å². The van der Waals surface area contributed by atoms with Gasteiger partial charge in [0, 0.05) is 22.8 Å². The first-order chi connectivity index (χ1) is 16.2. The average molecular weight is 480 g/mol. The van der Waals surface area contributed by atoms with E-state index in [9.17, 15) is 0 Å². The number of ether oxygens (including phenoxy) is 3. The van der Waals surface area contributed by atoms with Gasteiger partial charge in [0.1, 0.15) is 23.6 Å². The lowest BCUT2D eigenvalue weighted by Gasteiger charge is -2.45. The van der Waals surface area contributed by atoms with Crippen LogP contribution in [0.15, 0.2) is 66.7 Å². The highest BCUT2D eigenvalue weighted by atomic mass is 35.5. The van der Waals surface area contributed by atoms with Crippen molar-refractivity contribution >= 4 is 17.3 Å². The first kappa shape index (κ1) is 24.6. The maximum atomic E-state index is 6.47. The van der Waals surface area contributed by atoms with Crippen molar-refractivity contribution in [1.29, 1.82) is 0 Å². The lowest BCUT2D eigenvalue weighted by molar-refractivity contribution is -0.177. The Balaban J connectivity index is 1.60. The van der Waals surface area contributed by atoms with Crippen LogP contribution >= 0.6 is 11.6 Å². The van der Waals surface area contributed by atoms with Gasteiger partial charge in [0.2, 0.25) is 0 Å². The molecule has 34 heavy (non-hydrogen) atoms. The van der Waals surface area contributed by atoms with Crippen molar-refractivity contribution in [2.75, 3.05) is 5.32 Å². The van der Waals surface area contributed by atoms with Crippen molar-refractivity contribution in [3.8, 4) is 5.75 Å². The third-order valence-corrected chi connectivity index (χ3v) is 6.37. The van der Waals surface area contributed by atoms with Gasteiger partial charge in [0.25, 0.3) is 0 Å². The number of halogens is 1. The second-order valence-electron chi connectivity index (χ2n) is 9.71. The van der Waals surface area contributed by atoms with Crippen molar-refractivity contribution in [2.24, 2.45) is 0 Å². The lowest BCUT2D eigenvalue weighted by Crippen LogP contribution is -2.51. The highest BCUT2D eigenvalue weighted by molar-refractivity contribution is 6.30. The Labute approximate surface area is 208 Å². The van der Waals surface area contributed by atoms with Crippen molar-refractivity contribution < 1.29 is 14.2 Å². The van der Waals surface area contributed by atoms with E-state index in [0.717, 1.165) is 29.1 Å². The molecule has 1 N–H and O–H groups in total. The highest BCUT2D eigenvalue weighted by Crippen LogP contribution is 2.45. The Hall–Kier alpha value is -2.53. The van der Waals surface area contributed by atoms with E-state index < -0.39 is 5.60 Å². The second kappa shape index (κ2) is 10.4. The van der Waals surface area contributed by atoms with Crippen molar-refractivity contribution in [2.45, 2.75) is 71.7 Å². The van der Waals surface area contributed by atoms with Gasteiger partial charge in [-0.2, -0.15) is 0 Å². The van der Waals surface area contributed by atoms with E-state index in [0.29, 0.717) is 11.6 Å². The minimum absolute atomic E-state index is 0.0348. The van der Waals surface area contributed by atoms with Crippen LogP contribution in [0.25, 0.3) is 0 Å². The molecule has 1 aliphatic rings. The van der Waals surface area contributed by atoms with Gasteiger partial charge in [-0.1, -0.05) is 48.0 Å². The summed E-state index contributed by atoms with van der Waals surface area (Å²) in [5.74, 6) is 0.833. The molecule has 3 aromatic carbocycles. The maximum absolute atomic E-state index is 6.47. The zero-order valence-corrected chi connectivity index (χ0v) is 21.4. The first-order valence-electron chi connectivity index (χ1n) is 11.9. The second-order valence-corrected chi connectivity index (χ2v) is 10.1.